The molecule has 0 spiro atoms. The Kier molecular flexibility index (Phi) is 2.32. The zero-order valence-electron chi connectivity index (χ0n) is 7.42. The smallest absolute Gasteiger partial charge is 0.150 e. The first-order valence-electron chi connectivity index (χ1n) is 4.21. The molecule has 3 nitrogen and oxygen atoms in total. The fraction of sp³-hybridized carbons (Fsp3) is 0. The molecule has 0 aliphatic rings. The lowest BCUT2D eigenvalue weighted by Gasteiger charge is -2.02. The zero-order valence-corrected chi connectivity index (χ0v) is 7.42. The van der Waals surface area contributed by atoms with Crippen LogP contribution in [0.25, 0.3) is 11.1 Å². The molecular formula is C11H8N2O. The summed E-state index contributed by atoms with van der Waals surface area (Å²) in [5.74, 6) is 0. The maximum absolute atomic E-state index is 10.8. The van der Waals surface area contributed by atoms with E-state index in [1.165, 1.54) is 0 Å². The minimum atomic E-state index is 0.645. The van der Waals surface area contributed by atoms with E-state index in [2.05, 4.69) is 9.97 Å². The van der Waals surface area contributed by atoms with Gasteiger partial charge in [0.1, 0.15) is 0 Å². The molecule has 0 N–H and O–H groups in total. The molecule has 68 valence electrons. The minimum Gasteiger partial charge on any atom is -0.298 e. The monoisotopic (exact) mass is 184 g/mol. The van der Waals surface area contributed by atoms with Crippen molar-refractivity contribution in [1.29, 1.82) is 0 Å². The summed E-state index contributed by atoms with van der Waals surface area (Å²) in [5.41, 5.74) is 2.44. The average Bonchev–Trinajstić information content (AvgIpc) is 2.30. The topological polar surface area (TPSA) is 42.9 Å². The van der Waals surface area contributed by atoms with Crippen LogP contribution in [-0.2, 0) is 0 Å². The van der Waals surface area contributed by atoms with Crippen molar-refractivity contribution in [1.82, 2.24) is 9.97 Å². The van der Waals surface area contributed by atoms with Crippen LogP contribution in [0.2, 0.25) is 0 Å². The SMILES string of the molecule is O=Cc1ccncc1-c1ccncc1. The highest BCUT2D eigenvalue weighted by Gasteiger charge is 2.02. The van der Waals surface area contributed by atoms with Gasteiger partial charge in [-0.1, -0.05) is 0 Å². The Morgan fingerprint density at radius 2 is 1.71 bits per heavy atom. The molecule has 3 heteroatoms. The van der Waals surface area contributed by atoms with Crippen molar-refractivity contribution in [3.05, 3.63) is 48.5 Å². The van der Waals surface area contributed by atoms with Crippen molar-refractivity contribution in [2.24, 2.45) is 0 Å². The number of nitrogens with zero attached hydrogens (tertiary/aromatic N) is 2. The molecule has 0 saturated heterocycles. The summed E-state index contributed by atoms with van der Waals surface area (Å²) in [5, 5.41) is 0. The number of pyridine rings is 2. The number of hydrogen-bond acceptors (Lipinski definition) is 3. The van der Waals surface area contributed by atoms with Crippen LogP contribution in [0.3, 0.4) is 0 Å². The first-order valence-corrected chi connectivity index (χ1v) is 4.21. The van der Waals surface area contributed by atoms with Gasteiger partial charge in [0.05, 0.1) is 0 Å². The quantitative estimate of drug-likeness (QED) is 0.670. The summed E-state index contributed by atoms with van der Waals surface area (Å²) in [6.07, 6.45) is 7.50. The number of carbonyl (C=O) groups is 1. The molecular weight excluding hydrogens is 176 g/mol. The van der Waals surface area contributed by atoms with Gasteiger partial charge in [0.15, 0.2) is 6.29 Å². The Balaban J connectivity index is 2.57. The van der Waals surface area contributed by atoms with Gasteiger partial charge in [0.25, 0.3) is 0 Å². The molecule has 2 rings (SSSR count). The number of carbonyl (C=O) groups excluding carboxylic acids is 1. The van der Waals surface area contributed by atoms with Crippen LogP contribution in [0.1, 0.15) is 10.4 Å². The van der Waals surface area contributed by atoms with Gasteiger partial charge in [-0.25, -0.2) is 0 Å². The molecule has 2 heterocycles. The van der Waals surface area contributed by atoms with Crippen LogP contribution < -0.4 is 0 Å². The predicted molar refractivity (Wildman–Crippen MR) is 52.9 cm³/mol. The lowest BCUT2D eigenvalue weighted by Crippen LogP contribution is -1.88. The predicted octanol–water partition coefficient (Wildman–Crippen LogP) is 1.96. The van der Waals surface area contributed by atoms with Gasteiger partial charge in [-0.15, -0.1) is 0 Å². The summed E-state index contributed by atoms with van der Waals surface area (Å²) >= 11 is 0. The van der Waals surface area contributed by atoms with Crippen molar-refractivity contribution in [2.45, 2.75) is 0 Å². The van der Waals surface area contributed by atoms with E-state index >= 15 is 0 Å². The summed E-state index contributed by atoms with van der Waals surface area (Å²) in [7, 11) is 0. The molecule has 0 saturated carbocycles. The fourth-order valence-electron chi connectivity index (χ4n) is 1.28. The number of aromatic nitrogens is 2. The van der Waals surface area contributed by atoms with Crippen LogP contribution in [0.5, 0.6) is 0 Å². The van der Waals surface area contributed by atoms with E-state index in [1.54, 1.807) is 30.9 Å². The van der Waals surface area contributed by atoms with E-state index in [0.717, 1.165) is 17.4 Å². The average molecular weight is 184 g/mol. The highest BCUT2D eigenvalue weighted by Crippen LogP contribution is 2.19. The van der Waals surface area contributed by atoms with Gasteiger partial charge in [0.2, 0.25) is 0 Å². The number of aldehydes is 1. The van der Waals surface area contributed by atoms with E-state index in [1.807, 2.05) is 12.1 Å². The van der Waals surface area contributed by atoms with E-state index < -0.39 is 0 Å². The summed E-state index contributed by atoms with van der Waals surface area (Å²) in [6.45, 7) is 0. The van der Waals surface area contributed by atoms with Crippen LogP contribution in [0.15, 0.2) is 43.0 Å². The maximum Gasteiger partial charge on any atom is 0.150 e. The Hall–Kier alpha value is -2.03. The highest BCUT2D eigenvalue weighted by molar-refractivity contribution is 5.86. The molecule has 14 heavy (non-hydrogen) atoms. The molecule has 0 aromatic carbocycles. The fourth-order valence-corrected chi connectivity index (χ4v) is 1.28. The molecule has 0 radical (unpaired) electrons. The number of rotatable bonds is 2. The first-order chi connectivity index (χ1) is 6.92. The maximum atomic E-state index is 10.8. The third-order valence-electron chi connectivity index (χ3n) is 1.97. The molecule has 0 atom stereocenters. The normalized spacial score (nSPS) is 9.71. The molecule has 0 aliphatic carbocycles. The number of hydrogen-bond donors (Lipinski definition) is 0. The Morgan fingerprint density at radius 1 is 1.00 bits per heavy atom. The van der Waals surface area contributed by atoms with Gasteiger partial charge in [-0.3, -0.25) is 14.8 Å². The summed E-state index contributed by atoms with van der Waals surface area (Å²) in [4.78, 5) is 18.7. The van der Waals surface area contributed by atoms with Crippen molar-refractivity contribution in [3.63, 3.8) is 0 Å². The van der Waals surface area contributed by atoms with Crippen LogP contribution in [0, 0.1) is 0 Å². The molecule has 0 unspecified atom stereocenters. The van der Waals surface area contributed by atoms with Crippen molar-refractivity contribution in [3.8, 4) is 11.1 Å². The molecule has 0 fully saturated rings. The van der Waals surface area contributed by atoms with E-state index in [9.17, 15) is 4.79 Å². The van der Waals surface area contributed by atoms with Gasteiger partial charge in [-0.2, -0.15) is 0 Å². The zero-order chi connectivity index (χ0) is 9.80. The second-order valence-corrected chi connectivity index (χ2v) is 2.82. The Bertz CT molecular complexity index is 440. The van der Waals surface area contributed by atoms with Gasteiger partial charge < -0.3 is 0 Å². The van der Waals surface area contributed by atoms with E-state index in [0.29, 0.717) is 5.56 Å². The lowest BCUT2D eigenvalue weighted by atomic mass is 10.0. The Morgan fingerprint density at radius 3 is 2.43 bits per heavy atom. The van der Waals surface area contributed by atoms with E-state index in [-0.39, 0.29) is 0 Å². The van der Waals surface area contributed by atoms with E-state index in [4.69, 9.17) is 0 Å². The highest BCUT2D eigenvalue weighted by atomic mass is 16.1. The van der Waals surface area contributed by atoms with Crippen molar-refractivity contribution < 1.29 is 4.79 Å². The van der Waals surface area contributed by atoms with Gasteiger partial charge in [0, 0.05) is 35.9 Å². The largest absolute Gasteiger partial charge is 0.298 e. The third kappa shape index (κ3) is 1.52. The van der Waals surface area contributed by atoms with Crippen LogP contribution >= 0.6 is 0 Å². The molecule has 2 aromatic rings. The second kappa shape index (κ2) is 3.79. The summed E-state index contributed by atoms with van der Waals surface area (Å²) in [6, 6.07) is 5.40. The van der Waals surface area contributed by atoms with Crippen LogP contribution in [-0.4, -0.2) is 16.3 Å². The minimum absolute atomic E-state index is 0.645. The molecule has 0 bridgehead atoms. The van der Waals surface area contributed by atoms with Gasteiger partial charge in [-0.05, 0) is 23.8 Å². The van der Waals surface area contributed by atoms with Crippen molar-refractivity contribution in [2.75, 3.05) is 0 Å². The Labute approximate surface area is 81.5 Å². The first kappa shape index (κ1) is 8.56. The summed E-state index contributed by atoms with van der Waals surface area (Å²) < 4.78 is 0. The standard InChI is InChI=1S/C11H8N2O/c14-8-10-3-6-13-7-11(10)9-1-4-12-5-2-9/h1-8H. The lowest BCUT2D eigenvalue weighted by molar-refractivity contribution is 0.112. The van der Waals surface area contributed by atoms with Gasteiger partial charge >= 0.3 is 0 Å². The third-order valence-corrected chi connectivity index (χ3v) is 1.97. The van der Waals surface area contributed by atoms with Crippen LogP contribution in [0.4, 0.5) is 0 Å². The molecule has 0 amide bonds. The second-order valence-electron chi connectivity index (χ2n) is 2.82. The molecule has 0 aliphatic heterocycles. The molecule has 2 aromatic heterocycles. The van der Waals surface area contributed by atoms with Crippen molar-refractivity contribution >= 4 is 6.29 Å².